The minimum absolute atomic E-state index is 0.0509. The van der Waals surface area contributed by atoms with Crippen LogP contribution in [0.15, 0.2) is 12.5 Å². The molecule has 1 aromatic rings. The van der Waals surface area contributed by atoms with Crippen molar-refractivity contribution < 1.29 is 9.90 Å². The molecule has 1 rings (SSSR count). The Kier molecular flexibility index (Phi) is 1.82. The Labute approximate surface area is 61.5 Å². The highest BCUT2D eigenvalue weighted by Crippen LogP contribution is 2.09. The average molecular weight is 159 g/mol. The second kappa shape index (κ2) is 2.62. The van der Waals surface area contributed by atoms with Crippen LogP contribution < -0.4 is 0 Å². The molecule has 0 aliphatic heterocycles. The van der Waals surface area contributed by atoms with Crippen LogP contribution in [-0.2, 0) is 0 Å². The molecule has 0 spiro atoms. The smallest absolute Gasteiger partial charge is 0.356 e. The van der Waals surface area contributed by atoms with Crippen molar-refractivity contribution in [1.29, 1.82) is 0 Å². The molecule has 0 amide bonds. The van der Waals surface area contributed by atoms with E-state index in [0.717, 1.165) is 6.33 Å². The molecule has 1 aromatic heterocycles. The second-order valence-corrected chi connectivity index (χ2v) is 1.93. The molecule has 0 aliphatic carbocycles. The summed E-state index contributed by atoms with van der Waals surface area (Å²) in [6.45, 7) is 0. The zero-order valence-electron chi connectivity index (χ0n) is 4.78. The number of halogens is 1. The van der Waals surface area contributed by atoms with Gasteiger partial charge in [-0.15, -0.1) is 0 Å². The largest absolute Gasteiger partial charge is 0.476 e. The van der Waals surface area contributed by atoms with Gasteiger partial charge in [-0.2, -0.15) is 0 Å². The van der Waals surface area contributed by atoms with Crippen LogP contribution in [0, 0.1) is 0 Å². The Morgan fingerprint density at radius 1 is 1.70 bits per heavy atom. The Bertz CT molecular complexity index is 264. The lowest BCUT2D eigenvalue weighted by Gasteiger charge is -1.92. The van der Waals surface area contributed by atoms with E-state index >= 15 is 0 Å². The van der Waals surface area contributed by atoms with E-state index in [1.54, 1.807) is 0 Å². The van der Waals surface area contributed by atoms with Crippen molar-refractivity contribution in [3.63, 3.8) is 0 Å². The third-order valence-electron chi connectivity index (χ3n) is 0.870. The van der Waals surface area contributed by atoms with Crippen LogP contribution in [-0.4, -0.2) is 21.0 Å². The van der Waals surface area contributed by atoms with Gasteiger partial charge in [-0.1, -0.05) is 11.6 Å². The van der Waals surface area contributed by atoms with Crippen LogP contribution in [0.2, 0.25) is 5.02 Å². The van der Waals surface area contributed by atoms with E-state index in [4.69, 9.17) is 16.7 Å². The van der Waals surface area contributed by atoms with E-state index in [1.807, 2.05) is 0 Å². The second-order valence-electron chi connectivity index (χ2n) is 1.52. The van der Waals surface area contributed by atoms with Crippen molar-refractivity contribution in [2.24, 2.45) is 0 Å². The van der Waals surface area contributed by atoms with Gasteiger partial charge in [0, 0.05) is 6.20 Å². The summed E-state index contributed by atoms with van der Waals surface area (Å²) in [6, 6.07) is 0. The van der Waals surface area contributed by atoms with Crippen molar-refractivity contribution in [1.82, 2.24) is 9.97 Å². The highest BCUT2D eigenvalue weighted by Gasteiger charge is 2.07. The lowest BCUT2D eigenvalue weighted by molar-refractivity contribution is 0.0690. The third-order valence-corrected chi connectivity index (χ3v) is 1.15. The van der Waals surface area contributed by atoms with Crippen molar-refractivity contribution in [3.05, 3.63) is 23.2 Å². The van der Waals surface area contributed by atoms with Gasteiger partial charge in [-0.05, 0) is 0 Å². The predicted octanol–water partition coefficient (Wildman–Crippen LogP) is 0.828. The molecule has 4 nitrogen and oxygen atoms in total. The minimum Gasteiger partial charge on any atom is -0.476 e. The van der Waals surface area contributed by atoms with Gasteiger partial charge >= 0.3 is 5.97 Å². The summed E-state index contributed by atoms with van der Waals surface area (Å²) in [5.41, 5.74) is -0.170. The van der Waals surface area contributed by atoms with Gasteiger partial charge < -0.3 is 5.11 Å². The van der Waals surface area contributed by atoms with Crippen molar-refractivity contribution in [3.8, 4) is 0 Å². The molecule has 0 radical (unpaired) electrons. The molecule has 0 aromatic carbocycles. The van der Waals surface area contributed by atoms with E-state index in [-0.39, 0.29) is 10.7 Å². The molecule has 1 N–H and O–H groups in total. The molecule has 0 saturated heterocycles. The van der Waals surface area contributed by atoms with Gasteiger partial charge in [0.15, 0.2) is 5.69 Å². The van der Waals surface area contributed by atoms with Crippen molar-refractivity contribution >= 4 is 17.6 Å². The van der Waals surface area contributed by atoms with E-state index in [9.17, 15) is 4.79 Å². The fourth-order valence-corrected chi connectivity index (χ4v) is 0.656. The van der Waals surface area contributed by atoms with Gasteiger partial charge in [-0.3, -0.25) is 0 Å². The molecule has 0 atom stereocenters. The summed E-state index contributed by atoms with van der Waals surface area (Å²) in [7, 11) is 0. The predicted molar refractivity (Wildman–Crippen MR) is 34.0 cm³/mol. The number of carbonyl (C=O) groups is 1. The third kappa shape index (κ3) is 1.22. The highest BCUT2D eigenvalue weighted by molar-refractivity contribution is 6.33. The molecular formula is C5H3ClN2O2. The Balaban J connectivity index is 3.15. The van der Waals surface area contributed by atoms with E-state index < -0.39 is 5.97 Å². The van der Waals surface area contributed by atoms with Gasteiger partial charge in [0.2, 0.25) is 0 Å². The Morgan fingerprint density at radius 3 is 2.80 bits per heavy atom. The first-order valence-electron chi connectivity index (χ1n) is 2.40. The van der Waals surface area contributed by atoms with Crippen LogP contribution in [0.3, 0.4) is 0 Å². The van der Waals surface area contributed by atoms with E-state index in [1.165, 1.54) is 6.20 Å². The number of aromatic carboxylic acids is 1. The fourth-order valence-electron chi connectivity index (χ4n) is 0.470. The quantitative estimate of drug-likeness (QED) is 0.658. The number of carboxylic acids is 1. The summed E-state index contributed by atoms with van der Waals surface area (Å²) in [6.07, 6.45) is 2.37. The van der Waals surface area contributed by atoms with Gasteiger partial charge in [0.1, 0.15) is 6.33 Å². The first-order valence-corrected chi connectivity index (χ1v) is 2.78. The zero-order valence-corrected chi connectivity index (χ0v) is 5.54. The average Bonchev–Trinajstić information content (AvgIpc) is 1.88. The van der Waals surface area contributed by atoms with Crippen LogP contribution in [0.1, 0.15) is 10.5 Å². The number of nitrogens with zero attached hydrogens (tertiary/aromatic N) is 2. The monoisotopic (exact) mass is 158 g/mol. The molecule has 1 heterocycles. The Hall–Kier alpha value is -1.16. The normalized spacial score (nSPS) is 9.30. The SMILES string of the molecule is O=C(O)c1ncncc1Cl. The summed E-state index contributed by atoms with van der Waals surface area (Å²) in [5.74, 6) is -1.15. The van der Waals surface area contributed by atoms with Gasteiger partial charge in [0.25, 0.3) is 0 Å². The molecule has 52 valence electrons. The molecule has 0 saturated carbocycles. The van der Waals surface area contributed by atoms with Crippen molar-refractivity contribution in [2.45, 2.75) is 0 Å². The summed E-state index contributed by atoms with van der Waals surface area (Å²) in [5, 5.41) is 8.44. The lowest BCUT2D eigenvalue weighted by atomic mass is 10.4. The van der Waals surface area contributed by atoms with E-state index in [2.05, 4.69) is 9.97 Å². The molecule has 0 fully saturated rings. The molecule has 10 heavy (non-hydrogen) atoms. The van der Waals surface area contributed by atoms with Crippen LogP contribution in [0.25, 0.3) is 0 Å². The first-order chi connectivity index (χ1) is 4.72. The molecular weight excluding hydrogens is 156 g/mol. The summed E-state index contributed by atoms with van der Waals surface area (Å²) < 4.78 is 0. The number of rotatable bonds is 1. The number of hydrogen-bond donors (Lipinski definition) is 1. The molecule has 0 aliphatic rings. The minimum atomic E-state index is -1.15. The highest BCUT2D eigenvalue weighted by atomic mass is 35.5. The van der Waals surface area contributed by atoms with E-state index in [0.29, 0.717) is 0 Å². The number of hydrogen-bond acceptors (Lipinski definition) is 3. The molecule has 0 bridgehead atoms. The standard InChI is InChI=1S/C5H3ClN2O2/c6-3-1-7-2-8-4(3)5(9)10/h1-2H,(H,9,10). The summed E-state index contributed by atoms with van der Waals surface area (Å²) >= 11 is 5.41. The zero-order chi connectivity index (χ0) is 7.56. The first kappa shape index (κ1) is 6.95. The van der Waals surface area contributed by atoms with Gasteiger partial charge in [-0.25, -0.2) is 14.8 Å². The maximum Gasteiger partial charge on any atom is 0.356 e. The van der Waals surface area contributed by atoms with Crippen LogP contribution in [0.4, 0.5) is 0 Å². The maximum absolute atomic E-state index is 10.2. The number of aromatic nitrogens is 2. The maximum atomic E-state index is 10.2. The lowest BCUT2D eigenvalue weighted by Crippen LogP contribution is -2.00. The van der Waals surface area contributed by atoms with Crippen LogP contribution >= 0.6 is 11.6 Å². The summed E-state index contributed by atoms with van der Waals surface area (Å²) in [4.78, 5) is 17.2. The van der Waals surface area contributed by atoms with Crippen LogP contribution in [0.5, 0.6) is 0 Å². The van der Waals surface area contributed by atoms with Crippen molar-refractivity contribution in [2.75, 3.05) is 0 Å². The molecule has 0 unspecified atom stereocenters. The van der Waals surface area contributed by atoms with Gasteiger partial charge in [0.05, 0.1) is 5.02 Å². The topological polar surface area (TPSA) is 63.1 Å². The Morgan fingerprint density at radius 2 is 2.40 bits per heavy atom. The number of carboxylic acid groups (broad SMARTS) is 1. The molecule has 5 heteroatoms. The fraction of sp³-hybridized carbons (Fsp3) is 0.